The molecule has 5 heteroatoms. The van der Waals surface area contributed by atoms with Gasteiger partial charge in [-0.25, -0.2) is 9.97 Å². The Kier molecular flexibility index (Phi) is 3.99. The molecule has 110 valence electrons. The van der Waals surface area contributed by atoms with E-state index in [1.807, 2.05) is 37.5 Å². The van der Waals surface area contributed by atoms with Crippen LogP contribution in [0.2, 0.25) is 0 Å². The second-order valence-corrected chi connectivity index (χ2v) is 5.33. The van der Waals surface area contributed by atoms with Gasteiger partial charge in [-0.1, -0.05) is 6.07 Å². The van der Waals surface area contributed by atoms with Crippen LogP contribution in [0.3, 0.4) is 0 Å². The Bertz CT molecular complexity index is 595. The Morgan fingerprint density at radius 1 is 1.29 bits per heavy atom. The summed E-state index contributed by atoms with van der Waals surface area (Å²) in [5, 5.41) is 3.14. The quantitative estimate of drug-likeness (QED) is 0.883. The fourth-order valence-corrected chi connectivity index (χ4v) is 2.31. The first-order valence-electron chi connectivity index (χ1n) is 7.51. The van der Waals surface area contributed by atoms with Crippen molar-refractivity contribution in [3.05, 3.63) is 42.0 Å². The van der Waals surface area contributed by atoms with E-state index in [0.29, 0.717) is 5.92 Å². The van der Waals surface area contributed by atoms with Crippen LogP contribution in [0.5, 0.6) is 0 Å². The molecule has 21 heavy (non-hydrogen) atoms. The highest BCUT2D eigenvalue weighted by molar-refractivity contribution is 5.50. The van der Waals surface area contributed by atoms with Crippen LogP contribution in [0.1, 0.15) is 37.2 Å². The van der Waals surface area contributed by atoms with E-state index in [9.17, 15) is 0 Å². The van der Waals surface area contributed by atoms with Crippen LogP contribution in [0.15, 0.2) is 30.5 Å². The molecule has 1 saturated carbocycles. The Morgan fingerprint density at radius 2 is 2.14 bits per heavy atom. The Balaban J connectivity index is 1.87. The summed E-state index contributed by atoms with van der Waals surface area (Å²) in [4.78, 5) is 16.0. The molecule has 1 aliphatic rings. The zero-order valence-electron chi connectivity index (χ0n) is 12.6. The van der Waals surface area contributed by atoms with Crippen molar-refractivity contribution in [2.45, 2.75) is 32.2 Å². The zero-order valence-corrected chi connectivity index (χ0v) is 12.6. The van der Waals surface area contributed by atoms with Gasteiger partial charge in [0.15, 0.2) is 0 Å². The van der Waals surface area contributed by atoms with E-state index in [1.54, 1.807) is 0 Å². The molecule has 3 rings (SSSR count). The first-order valence-corrected chi connectivity index (χ1v) is 7.51. The Morgan fingerprint density at radius 3 is 2.76 bits per heavy atom. The third-order valence-electron chi connectivity index (χ3n) is 3.71. The highest BCUT2D eigenvalue weighted by atomic mass is 15.2. The molecule has 0 saturated heterocycles. The monoisotopic (exact) mass is 283 g/mol. The predicted octanol–water partition coefficient (Wildman–Crippen LogP) is 2.82. The summed E-state index contributed by atoms with van der Waals surface area (Å²) in [5.74, 6) is 3.38. The van der Waals surface area contributed by atoms with Crippen molar-refractivity contribution in [1.29, 1.82) is 0 Å². The zero-order chi connectivity index (χ0) is 14.7. The van der Waals surface area contributed by atoms with Gasteiger partial charge >= 0.3 is 0 Å². The second-order valence-electron chi connectivity index (χ2n) is 5.33. The minimum atomic E-state index is 0.547. The van der Waals surface area contributed by atoms with Crippen LogP contribution in [0.4, 0.5) is 11.6 Å². The summed E-state index contributed by atoms with van der Waals surface area (Å²) in [7, 11) is 1.90. The lowest BCUT2D eigenvalue weighted by Crippen LogP contribution is -2.24. The molecule has 1 aliphatic carbocycles. The highest BCUT2D eigenvalue weighted by Crippen LogP contribution is 2.39. The largest absolute Gasteiger partial charge is 0.373 e. The Labute approximate surface area is 125 Å². The standard InChI is InChI=1S/C16H21N5/c1-3-21(11-13-6-4-5-9-18-13)15-10-14(17-2)19-16(20-15)12-7-8-12/h4-6,9-10,12H,3,7-8,11H2,1-2H3,(H,17,19,20). The molecule has 0 amide bonds. The summed E-state index contributed by atoms with van der Waals surface area (Å²) in [5.41, 5.74) is 1.05. The molecule has 0 aromatic carbocycles. The smallest absolute Gasteiger partial charge is 0.136 e. The van der Waals surface area contributed by atoms with Crippen molar-refractivity contribution in [3.8, 4) is 0 Å². The minimum absolute atomic E-state index is 0.547. The summed E-state index contributed by atoms with van der Waals surface area (Å²) >= 11 is 0. The van der Waals surface area contributed by atoms with E-state index in [0.717, 1.165) is 36.2 Å². The second kappa shape index (κ2) is 6.08. The molecule has 0 atom stereocenters. The fourth-order valence-electron chi connectivity index (χ4n) is 2.31. The summed E-state index contributed by atoms with van der Waals surface area (Å²) in [6, 6.07) is 8.02. The van der Waals surface area contributed by atoms with Gasteiger partial charge in [-0.2, -0.15) is 0 Å². The lowest BCUT2D eigenvalue weighted by atomic mass is 10.3. The van der Waals surface area contributed by atoms with E-state index < -0.39 is 0 Å². The predicted molar refractivity (Wildman–Crippen MR) is 84.5 cm³/mol. The lowest BCUT2D eigenvalue weighted by Gasteiger charge is -2.22. The molecular weight excluding hydrogens is 262 g/mol. The van der Waals surface area contributed by atoms with Gasteiger partial charge in [-0.05, 0) is 31.9 Å². The summed E-state index contributed by atoms with van der Waals surface area (Å²) < 4.78 is 0. The van der Waals surface area contributed by atoms with Gasteiger partial charge in [0.25, 0.3) is 0 Å². The van der Waals surface area contributed by atoms with Crippen molar-refractivity contribution in [3.63, 3.8) is 0 Å². The van der Waals surface area contributed by atoms with Gasteiger partial charge in [0.2, 0.25) is 0 Å². The fraction of sp³-hybridized carbons (Fsp3) is 0.438. The molecule has 0 aliphatic heterocycles. The normalized spacial score (nSPS) is 14.0. The number of nitrogens with one attached hydrogen (secondary N) is 1. The molecule has 2 aromatic rings. The molecule has 2 heterocycles. The minimum Gasteiger partial charge on any atom is -0.373 e. The van der Waals surface area contributed by atoms with Crippen molar-refractivity contribution in [2.24, 2.45) is 0 Å². The number of rotatable bonds is 6. The maximum absolute atomic E-state index is 4.76. The van der Waals surface area contributed by atoms with Crippen LogP contribution >= 0.6 is 0 Å². The molecule has 0 bridgehead atoms. The molecule has 1 N–H and O–H groups in total. The van der Waals surface area contributed by atoms with Crippen molar-refractivity contribution >= 4 is 11.6 Å². The number of aromatic nitrogens is 3. The van der Waals surface area contributed by atoms with Crippen LogP contribution < -0.4 is 10.2 Å². The number of hydrogen-bond donors (Lipinski definition) is 1. The van der Waals surface area contributed by atoms with Gasteiger partial charge in [-0.15, -0.1) is 0 Å². The molecule has 0 unspecified atom stereocenters. The van der Waals surface area contributed by atoms with Gasteiger partial charge in [0.1, 0.15) is 17.5 Å². The van der Waals surface area contributed by atoms with Crippen LogP contribution in [-0.2, 0) is 6.54 Å². The molecular formula is C16H21N5. The van der Waals surface area contributed by atoms with Crippen LogP contribution in [-0.4, -0.2) is 28.5 Å². The van der Waals surface area contributed by atoms with Crippen molar-refractivity contribution in [2.75, 3.05) is 23.8 Å². The highest BCUT2D eigenvalue weighted by Gasteiger charge is 2.27. The number of hydrogen-bond acceptors (Lipinski definition) is 5. The first kappa shape index (κ1) is 13.8. The first-order chi connectivity index (χ1) is 10.3. The van der Waals surface area contributed by atoms with E-state index in [-0.39, 0.29) is 0 Å². The van der Waals surface area contributed by atoms with Crippen LogP contribution in [0, 0.1) is 0 Å². The SMILES string of the molecule is CCN(Cc1ccccn1)c1cc(NC)nc(C2CC2)n1. The van der Waals surface area contributed by atoms with Crippen LogP contribution in [0.25, 0.3) is 0 Å². The van der Waals surface area contributed by atoms with E-state index in [1.165, 1.54) is 12.8 Å². The lowest BCUT2D eigenvalue weighted by molar-refractivity contribution is 0.779. The van der Waals surface area contributed by atoms with Gasteiger partial charge in [0, 0.05) is 31.8 Å². The van der Waals surface area contributed by atoms with Crippen molar-refractivity contribution in [1.82, 2.24) is 15.0 Å². The molecule has 0 spiro atoms. The third-order valence-corrected chi connectivity index (χ3v) is 3.71. The maximum atomic E-state index is 4.76. The summed E-state index contributed by atoms with van der Waals surface area (Å²) in [6.07, 6.45) is 4.25. The molecule has 2 aromatic heterocycles. The van der Waals surface area contributed by atoms with Crippen molar-refractivity contribution < 1.29 is 0 Å². The topological polar surface area (TPSA) is 53.9 Å². The van der Waals surface area contributed by atoms with Gasteiger partial charge in [0.05, 0.1) is 12.2 Å². The molecule has 5 nitrogen and oxygen atoms in total. The Hall–Kier alpha value is -2.17. The number of pyridine rings is 1. The number of nitrogens with zero attached hydrogens (tertiary/aromatic N) is 4. The van der Waals surface area contributed by atoms with E-state index in [4.69, 9.17) is 4.98 Å². The molecule has 1 fully saturated rings. The number of anilines is 2. The third kappa shape index (κ3) is 3.29. The van der Waals surface area contributed by atoms with E-state index >= 15 is 0 Å². The average Bonchev–Trinajstić information content (AvgIpc) is 3.38. The summed E-state index contributed by atoms with van der Waals surface area (Å²) in [6.45, 7) is 3.79. The van der Waals surface area contributed by atoms with Gasteiger partial charge in [-0.3, -0.25) is 4.98 Å². The average molecular weight is 283 g/mol. The van der Waals surface area contributed by atoms with E-state index in [2.05, 4.69) is 27.1 Å². The maximum Gasteiger partial charge on any atom is 0.136 e. The van der Waals surface area contributed by atoms with Gasteiger partial charge < -0.3 is 10.2 Å². The molecule has 0 radical (unpaired) electrons.